The third-order valence-electron chi connectivity index (χ3n) is 12.9. The molecule has 1 amide bonds. The second-order valence-corrected chi connectivity index (χ2v) is 19.3. The van der Waals surface area contributed by atoms with Crippen molar-refractivity contribution in [1.82, 2.24) is 5.32 Å². The summed E-state index contributed by atoms with van der Waals surface area (Å²) < 4.78 is 5.44. The molecule has 0 fully saturated rings. The van der Waals surface area contributed by atoms with Crippen molar-refractivity contribution in [2.75, 3.05) is 13.2 Å². The van der Waals surface area contributed by atoms with Crippen LogP contribution < -0.4 is 5.32 Å². The summed E-state index contributed by atoms with van der Waals surface area (Å²) in [5, 5.41) is 23.3. The summed E-state index contributed by atoms with van der Waals surface area (Å²) in [7, 11) is 0. The van der Waals surface area contributed by atoms with Gasteiger partial charge in [-0.05, 0) is 89.9 Å². The summed E-state index contributed by atoms with van der Waals surface area (Å²) in [4.78, 5) is 24.5. The number of hydrogen-bond acceptors (Lipinski definition) is 5. The molecular weight excluding hydrogens is 791 g/mol. The van der Waals surface area contributed by atoms with Gasteiger partial charge in [-0.1, -0.05) is 230 Å². The Balaban J connectivity index is 3.51. The van der Waals surface area contributed by atoms with E-state index in [4.69, 9.17) is 4.74 Å². The minimum absolute atomic E-state index is 0.0365. The van der Waals surface area contributed by atoms with E-state index in [0.29, 0.717) is 25.9 Å². The lowest BCUT2D eigenvalue weighted by Crippen LogP contribution is -2.45. The minimum atomic E-state index is -0.682. The van der Waals surface area contributed by atoms with Gasteiger partial charge in [0.25, 0.3) is 0 Å². The Morgan fingerprint density at radius 1 is 0.438 bits per heavy atom. The number of aliphatic hydroxyl groups excluding tert-OH is 2. The summed E-state index contributed by atoms with van der Waals surface area (Å²) in [6.07, 6.45) is 65.5. The zero-order valence-corrected chi connectivity index (χ0v) is 42.8. The molecule has 2 unspecified atom stereocenters. The topological polar surface area (TPSA) is 95.9 Å². The van der Waals surface area contributed by atoms with E-state index in [1.807, 2.05) is 0 Å². The van der Waals surface area contributed by atoms with Gasteiger partial charge < -0.3 is 20.3 Å². The fourth-order valence-corrected chi connectivity index (χ4v) is 8.55. The van der Waals surface area contributed by atoms with Gasteiger partial charge in [-0.15, -0.1) is 0 Å². The van der Waals surface area contributed by atoms with Crippen molar-refractivity contribution in [3.05, 3.63) is 36.5 Å². The van der Waals surface area contributed by atoms with E-state index in [1.165, 1.54) is 173 Å². The zero-order valence-electron chi connectivity index (χ0n) is 42.8. The van der Waals surface area contributed by atoms with Gasteiger partial charge in [0.05, 0.1) is 25.4 Å². The molecule has 3 N–H and O–H groups in total. The molecular formula is C58H109NO5. The predicted molar refractivity (Wildman–Crippen MR) is 278 cm³/mol. The maximum Gasteiger partial charge on any atom is 0.305 e. The van der Waals surface area contributed by atoms with E-state index in [9.17, 15) is 19.8 Å². The largest absolute Gasteiger partial charge is 0.466 e. The van der Waals surface area contributed by atoms with E-state index in [0.717, 1.165) is 89.9 Å². The number of esters is 1. The van der Waals surface area contributed by atoms with E-state index < -0.39 is 12.1 Å². The number of aliphatic hydroxyl groups is 2. The van der Waals surface area contributed by atoms with Gasteiger partial charge in [0, 0.05) is 12.8 Å². The first kappa shape index (κ1) is 62.1. The molecule has 0 saturated carbocycles. The monoisotopic (exact) mass is 900 g/mol. The Bertz CT molecular complexity index is 1040. The molecule has 0 aromatic heterocycles. The third-order valence-corrected chi connectivity index (χ3v) is 12.9. The maximum atomic E-state index is 12.5. The summed E-state index contributed by atoms with van der Waals surface area (Å²) in [5.74, 6) is -0.0966. The van der Waals surface area contributed by atoms with Crippen molar-refractivity contribution in [2.45, 2.75) is 309 Å². The third kappa shape index (κ3) is 49.5. The Morgan fingerprint density at radius 2 is 0.781 bits per heavy atom. The highest BCUT2D eigenvalue weighted by Gasteiger charge is 2.20. The van der Waals surface area contributed by atoms with Crippen LogP contribution in [0.1, 0.15) is 296 Å². The minimum Gasteiger partial charge on any atom is -0.466 e. The number of carbonyl (C=O) groups is 2. The normalized spacial score (nSPS) is 12.9. The number of rotatable bonds is 52. The first-order chi connectivity index (χ1) is 31.5. The lowest BCUT2D eigenvalue weighted by molar-refractivity contribution is -0.143. The van der Waals surface area contributed by atoms with Gasteiger partial charge >= 0.3 is 5.97 Å². The quantitative estimate of drug-likeness (QED) is 0.0321. The molecule has 0 spiro atoms. The molecule has 0 aromatic carbocycles. The molecule has 0 bridgehead atoms. The summed E-state index contributed by atoms with van der Waals surface area (Å²) >= 11 is 0. The molecule has 0 radical (unpaired) electrons. The molecule has 0 rings (SSSR count). The average molecular weight is 901 g/mol. The molecule has 6 nitrogen and oxygen atoms in total. The molecule has 2 atom stereocenters. The first-order valence-electron chi connectivity index (χ1n) is 28.2. The predicted octanol–water partition coefficient (Wildman–Crippen LogP) is 17.2. The molecule has 0 aliphatic rings. The SMILES string of the molecule is CCCCC/C=C\C/C=C\CCCCCCCC(=O)OCCCCC/C=C\CCCCCCCC(=O)NC(CO)C(O)CCCCCCCCCCCCCCCCCCCCCC. The van der Waals surface area contributed by atoms with Crippen LogP contribution in [0.15, 0.2) is 36.5 Å². The Kier molecular flexibility index (Phi) is 52.1. The smallest absolute Gasteiger partial charge is 0.305 e. The number of nitrogens with one attached hydrogen (secondary N) is 1. The lowest BCUT2D eigenvalue weighted by Gasteiger charge is -2.22. The molecule has 376 valence electrons. The van der Waals surface area contributed by atoms with Crippen LogP contribution in [0.5, 0.6) is 0 Å². The van der Waals surface area contributed by atoms with Crippen LogP contribution in [-0.4, -0.2) is 47.4 Å². The van der Waals surface area contributed by atoms with Crippen molar-refractivity contribution in [3.8, 4) is 0 Å². The molecule has 0 aromatic rings. The van der Waals surface area contributed by atoms with Crippen molar-refractivity contribution < 1.29 is 24.5 Å². The van der Waals surface area contributed by atoms with Gasteiger partial charge in [0.15, 0.2) is 0 Å². The van der Waals surface area contributed by atoms with Crippen LogP contribution in [0.2, 0.25) is 0 Å². The second kappa shape index (κ2) is 53.7. The highest BCUT2D eigenvalue weighted by Crippen LogP contribution is 2.17. The molecule has 0 saturated heterocycles. The molecule has 6 heteroatoms. The molecule has 0 heterocycles. The van der Waals surface area contributed by atoms with Crippen LogP contribution in [0.3, 0.4) is 0 Å². The first-order valence-corrected chi connectivity index (χ1v) is 28.2. The van der Waals surface area contributed by atoms with E-state index >= 15 is 0 Å². The van der Waals surface area contributed by atoms with Gasteiger partial charge in [-0.25, -0.2) is 0 Å². The maximum absolute atomic E-state index is 12.5. The standard InChI is InChI=1S/C58H109NO5/c1-3-5-7-9-11-13-15-17-19-20-21-22-23-25-26-30-34-38-42-46-50-56(61)55(54-60)59-57(62)51-47-43-39-35-31-28-29-33-37-41-45-49-53-64-58(63)52-48-44-40-36-32-27-24-18-16-14-12-10-8-6-4-2/h12,14,18,24,29,33,55-56,60-61H,3-11,13,15-17,19-23,25-28,30-32,34-54H2,1-2H3,(H,59,62)/b14-12-,24-18-,33-29-. The number of hydrogen-bond donors (Lipinski definition) is 3. The van der Waals surface area contributed by atoms with E-state index in [1.54, 1.807) is 0 Å². The van der Waals surface area contributed by atoms with Crippen molar-refractivity contribution >= 4 is 11.9 Å². The van der Waals surface area contributed by atoms with Crippen molar-refractivity contribution in [1.29, 1.82) is 0 Å². The second-order valence-electron chi connectivity index (χ2n) is 19.3. The molecule has 64 heavy (non-hydrogen) atoms. The van der Waals surface area contributed by atoms with Gasteiger partial charge in [0.2, 0.25) is 5.91 Å². The Hall–Kier alpha value is -1.92. The van der Waals surface area contributed by atoms with Crippen LogP contribution in [-0.2, 0) is 14.3 Å². The lowest BCUT2D eigenvalue weighted by atomic mass is 10.0. The van der Waals surface area contributed by atoms with Gasteiger partial charge in [-0.3, -0.25) is 9.59 Å². The molecule has 0 aliphatic heterocycles. The Morgan fingerprint density at radius 3 is 1.23 bits per heavy atom. The van der Waals surface area contributed by atoms with Crippen molar-refractivity contribution in [3.63, 3.8) is 0 Å². The summed E-state index contributed by atoms with van der Waals surface area (Å²) in [5.41, 5.74) is 0. The van der Waals surface area contributed by atoms with Gasteiger partial charge in [-0.2, -0.15) is 0 Å². The average Bonchev–Trinajstić information content (AvgIpc) is 3.29. The molecule has 0 aliphatic carbocycles. The van der Waals surface area contributed by atoms with Crippen LogP contribution in [0.4, 0.5) is 0 Å². The fraction of sp³-hybridized carbons (Fsp3) is 0.862. The summed E-state index contributed by atoms with van der Waals surface area (Å²) in [6, 6.07) is -0.562. The van der Waals surface area contributed by atoms with E-state index in [2.05, 4.69) is 55.6 Å². The van der Waals surface area contributed by atoms with Crippen molar-refractivity contribution in [2.24, 2.45) is 0 Å². The number of carbonyl (C=O) groups excluding carboxylic acids is 2. The highest BCUT2D eigenvalue weighted by molar-refractivity contribution is 5.76. The number of amides is 1. The van der Waals surface area contributed by atoms with Crippen LogP contribution >= 0.6 is 0 Å². The van der Waals surface area contributed by atoms with Crippen LogP contribution in [0, 0.1) is 0 Å². The zero-order chi connectivity index (χ0) is 46.5. The van der Waals surface area contributed by atoms with Crippen LogP contribution in [0.25, 0.3) is 0 Å². The highest BCUT2D eigenvalue weighted by atomic mass is 16.5. The van der Waals surface area contributed by atoms with E-state index in [-0.39, 0.29) is 18.5 Å². The van der Waals surface area contributed by atoms with Gasteiger partial charge in [0.1, 0.15) is 0 Å². The number of unbranched alkanes of at least 4 members (excludes halogenated alkanes) is 35. The summed E-state index contributed by atoms with van der Waals surface area (Å²) in [6.45, 7) is 4.87. The number of allylic oxidation sites excluding steroid dienone is 6. The Labute approximate surface area is 398 Å². The fourth-order valence-electron chi connectivity index (χ4n) is 8.55. The number of ether oxygens (including phenoxy) is 1.